The number of nitrogens with two attached hydrogens (primary N) is 1. The van der Waals surface area contributed by atoms with E-state index < -0.39 is 0 Å². The second kappa shape index (κ2) is 3.03. The molecule has 12 heavy (non-hydrogen) atoms. The van der Waals surface area contributed by atoms with Gasteiger partial charge in [0, 0.05) is 18.1 Å². The lowest BCUT2D eigenvalue weighted by atomic mass is 10.1. The fourth-order valence-corrected chi connectivity index (χ4v) is 1.73. The Morgan fingerprint density at radius 3 is 3.00 bits per heavy atom. The van der Waals surface area contributed by atoms with Gasteiger partial charge >= 0.3 is 0 Å². The summed E-state index contributed by atoms with van der Waals surface area (Å²) < 4.78 is 0. The number of aromatic nitrogens is 1. The van der Waals surface area contributed by atoms with Gasteiger partial charge in [0.05, 0.1) is 0 Å². The molecule has 0 amide bonds. The highest BCUT2D eigenvalue weighted by molar-refractivity contribution is 7.13. The molecule has 0 unspecified atom stereocenters. The van der Waals surface area contributed by atoms with Crippen LogP contribution in [0.2, 0.25) is 0 Å². The van der Waals surface area contributed by atoms with Gasteiger partial charge in [-0.05, 0) is 24.8 Å². The largest absolute Gasteiger partial charge is 0.361 e. The van der Waals surface area contributed by atoms with Crippen molar-refractivity contribution in [2.75, 3.05) is 18.4 Å². The highest BCUT2D eigenvalue weighted by Gasteiger charge is 2.40. The average Bonchev–Trinajstić information content (AvgIpc) is 2.70. The lowest BCUT2D eigenvalue weighted by Gasteiger charge is -2.11. The minimum absolute atomic E-state index is 0.395. The minimum Gasteiger partial charge on any atom is -0.361 e. The molecule has 0 saturated heterocycles. The molecule has 1 aliphatic carbocycles. The molecule has 0 atom stereocenters. The maximum absolute atomic E-state index is 5.65. The van der Waals surface area contributed by atoms with Crippen LogP contribution < -0.4 is 11.1 Å². The lowest BCUT2D eigenvalue weighted by molar-refractivity contribution is 0.555. The van der Waals surface area contributed by atoms with Gasteiger partial charge in [0.1, 0.15) is 0 Å². The molecule has 2 rings (SSSR count). The topological polar surface area (TPSA) is 50.9 Å². The molecule has 66 valence electrons. The van der Waals surface area contributed by atoms with E-state index in [1.807, 2.05) is 11.6 Å². The monoisotopic (exact) mass is 183 g/mol. The van der Waals surface area contributed by atoms with Gasteiger partial charge in [0.15, 0.2) is 5.13 Å². The van der Waals surface area contributed by atoms with Crippen LogP contribution in [0.5, 0.6) is 0 Å². The van der Waals surface area contributed by atoms with Crippen molar-refractivity contribution in [2.45, 2.75) is 12.8 Å². The third-order valence-electron chi connectivity index (χ3n) is 2.44. The molecule has 1 aromatic heterocycles. The van der Waals surface area contributed by atoms with Crippen LogP contribution in [0.25, 0.3) is 0 Å². The fraction of sp³-hybridized carbons (Fsp3) is 0.625. The van der Waals surface area contributed by atoms with Crippen molar-refractivity contribution in [3.05, 3.63) is 11.6 Å². The van der Waals surface area contributed by atoms with Crippen molar-refractivity contribution < 1.29 is 0 Å². The number of anilines is 1. The molecule has 1 fully saturated rings. The van der Waals surface area contributed by atoms with Gasteiger partial charge in [0.25, 0.3) is 0 Å². The Morgan fingerprint density at radius 1 is 1.67 bits per heavy atom. The van der Waals surface area contributed by atoms with Crippen molar-refractivity contribution in [1.82, 2.24) is 4.98 Å². The van der Waals surface area contributed by atoms with Gasteiger partial charge in [-0.3, -0.25) is 0 Å². The van der Waals surface area contributed by atoms with Crippen molar-refractivity contribution in [2.24, 2.45) is 11.1 Å². The zero-order chi connectivity index (χ0) is 8.44. The molecule has 1 aromatic rings. The lowest BCUT2D eigenvalue weighted by Crippen LogP contribution is -2.24. The highest BCUT2D eigenvalue weighted by atomic mass is 32.1. The second-order valence-electron chi connectivity index (χ2n) is 3.39. The third-order valence-corrected chi connectivity index (χ3v) is 3.17. The number of hydrogen-bond donors (Lipinski definition) is 2. The van der Waals surface area contributed by atoms with Gasteiger partial charge in [-0.1, -0.05) is 0 Å². The SMILES string of the molecule is NCC1(CNc2nccs2)CC1. The summed E-state index contributed by atoms with van der Waals surface area (Å²) in [7, 11) is 0. The minimum atomic E-state index is 0.395. The van der Waals surface area contributed by atoms with E-state index >= 15 is 0 Å². The quantitative estimate of drug-likeness (QED) is 0.739. The Labute approximate surface area is 76.0 Å². The van der Waals surface area contributed by atoms with Crippen molar-refractivity contribution in [1.29, 1.82) is 0 Å². The van der Waals surface area contributed by atoms with Gasteiger partial charge < -0.3 is 11.1 Å². The van der Waals surface area contributed by atoms with E-state index in [9.17, 15) is 0 Å². The Kier molecular flexibility index (Phi) is 2.02. The summed E-state index contributed by atoms with van der Waals surface area (Å²) in [6, 6.07) is 0. The van der Waals surface area contributed by atoms with Gasteiger partial charge in [0.2, 0.25) is 0 Å². The smallest absolute Gasteiger partial charge is 0.182 e. The summed E-state index contributed by atoms with van der Waals surface area (Å²) in [4.78, 5) is 4.15. The maximum Gasteiger partial charge on any atom is 0.182 e. The third kappa shape index (κ3) is 1.59. The van der Waals surface area contributed by atoms with Crippen molar-refractivity contribution in [3.63, 3.8) is 0 Å². The summed E-state index contributed by atoms with van der Waals surface area (Å²) in [6.07, 6.45) is 4.35. The standard InChI is InChI=1S/C8H13N3S/c9-5-8(1-2-8)6-11-7-10-3-4-12-7/h3-4H,1-2,5-6,9H2,(H,10,11). The molecule has 0 aromatic carbocycles. The van der Waals surface area contributed by atoms with Gasteiger partial charge in [-0.25, -0.2) is 4.98 Å². The molecule has 4 heteroatoms. The van der Waals surface area contributed by atoms with Crippen LogP contribution in [0.4, 0.5) is 5.13 Å². The van der Waals surface area contributed by atoms with Crippen LogP contribution in [-0.2, 0) is 0 Å². The van der Waals surface area contributed by atoms with E-state index in [0.717, 1.165) is 18.2 Å². The number of hydrogen-bond acceptors (Lipinski definition) is 4. The van der Waals surface area contributed by atoms with Gasteiger partial charge in [-0.2, -0.15) is 0 Å². The second-order valence-corrected chi connectivity index (χ2v) is 4.29. The molecule has 1 saturated carbocycles. The normalized spacial score (nSPS) is 19.1. The van der Waals surface area contributed by atoms with Crippen molar-refractivity contribution >= 4 is 16.5 Å². The fourth-order valence-electron chi connectivity index (χ4n) is 1.20. The van der Waals surface area contributed by atoms with E-state index in [1.54, 1.807) is 11.3 Å². The molecular weight excluding hydrogens is 170 g/mol. The average molecular weight is 183 g/mol. The van der Waals surface area contributed by atoms with Crippen LogP contribution >= 0.6 is 11.3 Å². The predicted octanol–water partition coefficient (Wildman–Crippen LogP) is 1.29. The molecule has 0 spiro atoms. The molecule has 3 nitrogen and oxygen atoms in total. The summed E-state index contributed by atoms with van der Waals surface area (Å²) in [5.41, 5.74) is 6.05. The highest BCUT2D eigenvalue weighted by Crippen LogP contribution is 2.44. The van der Waals surface area contributed by atoms with Crippen LogP contribution in [0.1, 0.15) is 12.8 Å². The number of nitrogens with one attached hydrogen (secondary N) is 1. The molecule has 1 heterocycles. The Balaban J connectivity index is 1.83. The van der Waals surface area contributed by atoms with Crippen LogP contribution in [0.3, 0.4) is 0 Å². The first-order valence-electron chi connectivity index (χ1n) is 4.18. The number of nitrogens with zero attached hydrogens (tertiary/aromatic N) is 1. The Morgan fingerprint density at radius 2 is 2.50 bits per heavy atom. The van der Waals surface area contributed by atoms with E-state index in [-0.39, 0.29) is 0 Å². The first-order valence-corrected chi connectivity index (χ1v) is 5.06. The molecular formula is C8H13N3S. The number of rotatable bonds is 4. The molecule has 0 radical (unpaired) electrons. The Hall–Kier alpha value is -0.610. The van der Waals surface area contributed by atoms with Crippen LogP contribution in [-0.4, -0.2) is 18.1 Å². The van der Waals surface area contributed by atoms with E-state index in [2.05, 4.69) is 10.3 Å². The van der Waals surface area contributed by atoms with Gasteiger partial charge in [-0.15, -0.1) is 11.3 Å². The maximum atomic E-state index is 5.65. The molecule has 0 aliphatic heterocycles. The Bertz CT molecular complexity index is 241. The van der Waals surface area contributed by atoms with Crippen LogP contribution in [0.15, 0.2) is 11.6 Å². The number of thiazole rings is 1. The van der Waals surface area contributed by atoms with E-state index in [4.69, 9.17) is 5.73 Å². The summed E-state index contributed by atoms with van der Waals surface area (Å²) >= 11 is 1.64. The first-order chi connectivity index (χ1) is 5.85. The predicted molar refractivity (Wildman–Crippen MR) is 51.3 cm³/mol. The molecule has 0 bridgehead atoms. The molecule has 3 N–H and O–H groups in total. The van der Waals surface area contributed by atoms with E-state index in [0.29, 0.717) is 5.41 Å². The van der Waals surface area contributed by atoms with Crippen molar-refractivity contribution in [3.8, 4) is 0 Å². The summed E-state index contributed by atoms with van der Waals surface area (Å²) in [5, 5.41) is 6.29. The summed E-state index contributed by atoms with van der Waals surface area (Å²) in [6.45, 7) is 1.78. The summed E-state index contributed by atoms with van der Waals surface area (Å²) in [5.74, 6) is 0. The zero-order valence-electron chi connectivity index (χ0n) is 6.92. The first kappa shape index (κ1) is 8.01. The zero-order valence-corrected chi connectivity index (χ0v) is 7.73. The molecule has 1 aliphatic rings. The van der Waals surface area contributed by atoms with E-state index in [1.165, 1.54) is 12.8 Å². The van der Waals surface area contributed by atoms with Crippen LogP contribution in [0, 0.1) is 5.41 Å².